The summed E-state index contributed by atoms with van der Waals surface area (Å²) in [4.78, 5) is 0. The van der Waals surface area contributed by atoms with Crippen molar-refractivity contribution >= 4 is 0 Å². The number of benzene rings is 1. The van der Waals surface area contributed by atoms with Crippen molar-refractivity contribution in [2.24, 2.45) is 0 Å². The van der Waals surface area contributed by atoms with E-state index in [2.05, 4.69) is 5.32 Å². The molecule has 0 aliphatic carbocycles. The molecule has 1 saturated heterocycles. The molecule has 0 spiro atoms. The highest BCUT2D eigenvalue weighted by atomic mass is 19.4. The average Bonchev–Trinajstić information content (AvgIpc) is 2.57. The summed E-state index contributed by atoms with van der Waals surface area (Å²) in [5.74, 6) is 0. The first-order chi connectivity index (χ1) is 8.28. The Labute approximate surface area is 104 Å². The van der Waals surface area contributed by atoms with Gasteiger partial charge < -0.3 is 4.74 Å². The number of hydrogen-bond donors (Lipinski definition) is 1. The largest absolute Gasteiger partial charge is 0.416 e. The van der Waals surface area contributed by atoms with E-state index < -0.39 is 17.5 Å². The van der Waals surface area contributed by atoms with Crippen LogP contribution in [0.15, 0.2) is 24.3 Å². The summed E-state index contributed by atoms with van der Waals surface area (Å²) in [6.45, 7) is 4.42. The first-order valence-electron chi connectivity index (χ1n) is 5.86. The fraction of sp³-hybridized carbons (Fsp3) is 0.538. The molecule has 2 atom stereocenters. The molecule has 2 unspecified atom stereocenters. The van der Waals surface area contributed by atoms with Gasteiger partial charge in [-0.2, -0.15) is 13.2 Å². The van der Waals surface area contributed by atoms with Crippen molar-refractivity contribution in [2.45, 2.75) is 38.2 Å². The normalized spacial score (nSPS) is 28.6. The predicted molar refractivity (Wildman–Crippen MR) is 62.1 cm³/mol. The van der Waals surface area contributed by atoms with Crippen LogP contribution in [0, 0.1) is 0 Å². The van der Waals surface area contributed by atoms with Crippen LogP contribution in [0.25, 0.3) is 0 Å². The fourth-order valence-electron chi connectivity index (χ4n) is 2.26. The van der Waals surface area contributed by atoms with Crippen molar-refractivity contribution in [1.29, 1.82) is 0 Å². The molecule has 1 N–H and O–H groups in total. The molecule has 0 bridgehead atoms. The molecule has 1 fully saturated rings. The summed E-state index contributed by atoms with van der Waals surface area (Å²) < 4.78 is 43.4. The summed E-state index contributed by atoms with van der Waals surface area (Å²) in [5.41, 5.74) is -0.576. The number of ether oxygens (including phenoxy) is 1. The van der Waals surface area contributed by atoms with Crippen molar-refractivity contribution in [1.82, 2.24) is 5.32 Å². The molecule has 1 aliphatic rings. The molecule has 0 amide bonds. The lowest BCUT2D eigenvalue weighted by Crippen LogP contribution is -2.42. The minimum atomic E-state index is -4.30. The van der Waals surface area contributed by atoms with Gasteiger partial charge in [0, 0.05) is 12.5 Å². The SMILES string of the molecule is CC1COC(C)(Cc2cccc(C(F)(F)F)c2)N1. The van der Waals surface area contributed by atoms with Crippen molar-refractivity contribution in [3.8, 4) is 0 Å². The molecule has 1 aliphatic heterocycles. The van der Waals surface area contributed by atoms with Gasteiger partial charge in [-0.15, -0.1) is 0 Å². The highest BCUT2D eigenvalue weighted by Crippen LogP contribution is 2.30. The number of hydrogen-bond acceptors (Lipinski definition) is 2. The lowest BCUT2D eigenvalue weighted by molar-refractivity contribution is -0.137. The molecule has 18 heavy (non-hydrogen) atoms. The van der Waals surface area contributed by atoms with Crippen molar-refractivity contribution in [3.63, 3.8) is 0 Å². The highest BCUT2D eigenvalue weighted by molar-refractivity contribution is 5.26. The monoisotopic (exact) mass is 259 g/mol. The second-order valence-electron chi connectivity index (χ2n) is 4.96. The average molecular weight is 259 g/mol. The Morgan fingerprint density at radius 3 is 2.72 bits per heavy atom. The second kappa shape index (κ2) is 4.55. The summed E-state index contributed by atoms with van der Waals surface area (Å²) in [6, 6.07) is 5.60. The van der Waals surface area contributed by atoms with Gasteiger partial charge in [-0.3, -0.25) is 5.32 Å². The Balaban J connectivity index is 2.15. The number of rotatable bonds is 2. The summed E-state index contributed by atoms with van der Waals surface area (Å²) in [7, 11) is 0. The van der Waals surface area contributed by atoms with Crippen LogP contribution in [-0.2, 0) is 17.3 Å². The van der Waals surface area contributed by atoms with Gasteiger partial charge >= 0.3 is 6.18 Å². The zero-order chi connectivity index (χ0) is 13.4. The highest BCUT2D eigenvalue weighted by Gasteiger charge is 2.35. The predicted octanol–water partition coefficient (Wildman–Crippen LogP) is 2.97. The maximum absolute atomic E-state index is 12.6. The van der Waals surface area contributed by atoms with Gasteiger partial charge in [-0.25, -0.2) is 0 Å². The van der Waals surface area contributed by atoms with E-state index in [1.165, 1.54) is 12.1 Å². The number of alkyl halides is 3. The van der Waals surface area contributed by atoms with Crippen LogP contribution < -0.4 is 5.32 Å². The Bertz CT molecular complexity index is 432. The van der Waals surface area contributed by atoms with Gasteiger partial charge in [0.1, 0.15) is 5.72 Å². The lowest BCUT2D eigenvalue weighted by Gasteiger charge is -2.24. The van der Waals surface area contributed by atoms with E-state index in [-0.39, 0.29) is 6.04 Å². The zero-order valence-electron chi connectivity index (χ0n) is 10.3. The van der Waals surface area contributed by atoms with Crippen LogP contribution in [0.2, 0.25) is 0 Å². The van der Waals surface area contributed by atoms with Crippen molar-refractivity contribution in [2.75, 3.05) is 6.61 Å². The maximum atomic E-state index is 12.6. The summed E-state index contributed by atoms with van der Waals surface area (Å²) in [5, 5.41) is 3.23. The van der Waals surface area contributed by atoms with E-state index in [9.17, 15) is 13.2 Å². The first-order valence-corrected chi connectivity index (χ1v) is 5.86. The molecule has 1 aromatic carbocycles. The topological polar surface area (TPSA) is 21.3 Å². The molecule has 0 saturated carbocycles. The third kappa shape index (κ3) is 3.03. The summed E-state index contributed by atoms with van der Waals surface area (Å²) in [6.07, 6.45) is -3.88. The maximum Gasteiger partial charge on any atom is 0.416 e. The number of nitrogens with one attached hydrogen (secondary N) is 1. The van der Waals surface area contributed by atoms with Gasteiger partial charge in [0.25, 0.3) is 0 Å². The van der Waals surface area contributed by atoms with Gasteiger partial charge in [0.05, 0.1) is 12.2 Å². The Morgan fingerprint density at radius 2 is 2.17 bits per heavy atom. The molecule has 2 rings (SSSR count). The van der Waals surface area contributed by atoms with Crippen LogP contribution in [0.3, 0.4) is 0 Å². The Morgan fingerprint density at radius 1 is 1.44 bits per heavy atom. The van der Waals surface area contributed by atoms with E-state index in [0.717, 1.165) is 6.07 Å². The molecule has 5 heteroatoms. The van der Waals surface area contributed by atoms with Crippen LogP contribution in [0.1, 0.15) is 25.0 Å². The van der Waals surface area contributed by atoms with Gasteiger partial charge in [-0.05, 0) is 25.5 Å². The van der Waals surface area contributed by atoms with Gasteiger partial charge in [0.15, 0.2) is 0 Å². The molecule has 1 aromatic rings. The van der Waals surface area contributed by atoms with Crippen LogP contribution in [0.4, 0.5) is 13.2 Å². The van der Waals surface area contributed by atoms with E-state index in [0.29, 0.717) is 18.6 Å². The minimum Gasteiger partial charge on any atom is -0.359 e. The van der Waals surface area contributed by atoms with Crippen molar-refractivity contribution in [3.05, 3.63) is 35.4 Å². The van der Waals surface area contributed by atoms with E-state index in [1.807, 2.05) is 13.8 Å². The zero-order valence-corrected chi connectivity index (χ0v) is 10.3. The van der Waals surface area contributed by atoms with E-state index in [1.54, 1.807) is 6.07 Å². The van der Waals surface area contributed by atoms with Crippen LogP contribution in [0.5, 0.6) is 0 Å². The van der Waals surface area contributed by atoms with E-state index in [4.69, 9.17) is 4.74 Å². The van der Waals surface area contributed by atoms with Crippen LogP contribution >= 0.6 is 0 Å². The third-order valence-corrected chi connectivity index (χ3v) is 3.00. The van der Waals surface area contributed by atoms with E-state index >= 15 is 0 Å². The first kappa shape index (κ1) is 13.4. The number of halogens is 3. The molecular weight excluding hydrogens is 243 g/mol. The third-order valence-electron chi connectivity index (χ3n) is 3.00. The van der Waals surface area contributed by atoms with Gasteiger partial charge in [-0.1, -0.05) is 18.2 Å². The molecule has 0 aromatic heterocycles. The van der Waals surface area contributed by atoms with Crippen LogP contribution in [-0.4, -0.2) is 18.4 Å². The molecule has 1 heterocycles. The Hall–Kier alpha value is -1.07. The molecular formula is C13H16F3NO. The smallest absolute Gasteiger partial charge is 0.359 e. The second-order valence-corrected chi connectivity index (χ2v) is 4.96. The summed E-state index contributed by atoms with van der Waals surface area (Å²) >= 11 is 0. The fourth-order valence-corrected chi connectivity index (χ4v) is 2.26. The standard InChI is InChI=1S/C13H16F3NO/c1-9-8-18-12(2,17-9)7-10-4-3-5-11(6-10)13(14,15)16/h3-6,9,17H,7-8H2,1-2H3. The van der Waals surface area contributed by atoms with Gasteiger partial charge in [0.2, 0.25) is 0 Å². The minimum absolute atomic E-state index is 0.223. The molecule has 2 nitrogen and oxygen atoms in total. The molecule has 100 valence electrons. The quantitative estimate of drug-likeness (QED) is 0.881. The molecule has 0 radical (unpaired) electrons. The van der Waals surface area contributed by atoms with Crippen molar-refractivity contribution < 1.29 is 17.9 Å². The Kier molecular flexibility index (Phi) is 3.38. The lowest BCUT2D eigenvalue weighted by atomic mass is 10.0.